The van der Waals surface area contributed by atoms with Gasteiger partial charge in [0.1, 0.15) is 5.56 Å². The van der Waals surface area contributed by atoms with Gasteiger partial charge in [0.2, 0.25) is 0 Å². The van der Waals surface area contributed by atoms with E-state index in [4.69, 9.17) is 9.72 Å². The van der Waals surface area contributed by atoms with Crippen molar-refractivity contribution in [3.8, 4) is 5.82 Å². The van der Waals surface area contributed by atoms with E-state index in [1.807, 2.05) is 25.1 Å². The molecule has 2 heterocycles. The van der Waals surface area contributed by atoms with Crippen LogP contribution in [0.4, 0.5) is 0 Å². The SMILES string of the molecule is CCOC(=O)c1cnn(-c2cccc(C3=C(CO)CCCC3)n2)c1CC. The normalized spacial score (nSPS) is 14.6. The molecule has 0 aromatic carbocycles. The van der Waals surface area contributed by atoms with E-state index in [9.17, 15) is 9.90 Å². The van der Waals surface area contributed by atoms with Crippen molar-refractivity contribution in [2.45, 2.75) is 46.0 Å². The van der Waals surface area contributed by atoms with Crippen molar-refractivity contribution in [1.29, 1.82) is 0 Å². The Hall–Kier alpha value is -2.47. The molecule has 6 nitrogen and oxygen atoms in total. The number of carbonyl (C=O) groups excluding carboxylic acids is 1. The lowest BCUT2D eigenvalue weighted by atomic mass is 9.90. The maximum absolute atomic E-state index is 12.1. The average molecular weight is 355 g/mol. The summed E-state index contributed by atoms with van der Waals surface area (Å²) >= 11 is 0. The highest BCUT2D eigenvalue weighted by Crippen LogP contribution is 2.31. The molecule has 0 atom stereocenters. The predicted molar refractivity (Wildman–Crippen MR) is 99.2 cm³/mol. The van der Waals surface area contributed by atoms with Crippen molar-refractivity contribution in [1.82, 2.24) is 14.8 Å². The van der Waals surface area contributed by atoms with Gasteiger partial charge in [-0.3, -0.25) is 0 Å². The number of hydrogen-bond donors (Lipinski definition) is 1. The van der Waals surface area contributed by atoms with Crippen molar-refractivity contribution in [3.05, 3.63) is 46.9 Å². The summed E-state index contributed by atoms with van der Waals surface area (Å²) in [6.07, 6.45) is 6.27. The minimum Gasteiger partial charge on any atom is -0.462 e. The first-order chi connectivity index (χ1) is 12.7. The van der Waals surface area contributed by atoms with E-state index in [-0.39, 0.29) is 12.6 Å². The van der Waals surface area contributed by atoms with Crippen LogP contribution in [-0.4, -0.2) is 39.1 Å². The van der Waals surface area contributed by atoms with Gasteiger partial charge < -0.3 is 9.84 Å². The largest absolute Gasteiger partial charge is 0.462 e. The molecule has 0 fully saturated rings. The zero-order valence-corrected chi connectivity index (χ0v) is 15.4. The molecule has 1 aliphatic rings. The maximum atomic E-state index is 12.1. The van der Waals surface area contributed by atoms with Gasteiger partial charge in [0, 0.05) is 0 Å². The molecular formula is C20H25N3O3. The number of hydrogen-bond acceptors (Lipinski definition) is 5. The molecule has 0 unspecified atom stereocenters. The first-order valence-electron chi connectivity index (χ1n) is 9.23. The Balaban J connectivity index is 2.01. The quantitative estimate of drug-likeness (QED) is 0.804. The van der Waals surface area contributed by atoms with Crippen LogP contribution in [0.15, 0.2) is 30.0 Å². The van der Waals surface area contributed by atoms with Crippen LogP contribution >= 0.6 is 0 Å². The lowest BCUT2D eigenvalue weighted by Gasteiger charge is -2.19. The van der Waals surface area contributed by atoms with Gasteiger partial charge in [0.15, 0.2) is 5.82 Å². The summed E-state index contributed by atoms with van der Waals surface area (Å²) in [6, 6.07) is 5.80. The number of ether oxygens (including phenoxy) is 1. The van der Waals surface area contributed by atoms with Crippen LogP contribution in [-0.2, 0) is 11.2 Å². The van der Waals surface area contributed by atoms with Gasteiger partial charge in [0.05, 0.1) is 30.8 Å². The molecule has 0 amide bonds. The molecule has 0 saturated heterocycles. The number of pyridine rings is 1. The topological polar surface area (TPSA) is 77.2 Å². The highest BCUT2D eigenvalue weighted by Gasteiger charge is 2.20. The zero-order chi connectivity index (χ0) is 18.5. The van der Waals surface area contributed by atoms with E-state index >= 15 is 0 Å². The number of allylic oxidation sites excluding steroid dienone is 1. The van der Waals surface area contributed by atoms with Crippen LogP contribution in [0.5, 0.6) is 0 Å². The first kappa shape index (κ1) is 18.3. The second-order valence-corrected chi connectivity index (χ2v) is 6.32. The number of aromatic nitrogens is 3. The maximum Gasteiger partial charge on any atom is 0.341 e. The third-order valence-corrected chi connectivity index (χ3v) is 4.73. The van der Waals surface area contributed by atoms with Crippen LogP contribution in [0.3, 0.4) is 0 Å². The Morgan fingerprint density at radius 2 is 2.08 bits per heavy atom. The average Bonchev–Trinajstić information content (AvgIpc) is 3.12. The highest BCUT2D eigenvalue weighted by atomic mass is 16.5. The Morgan fingerprint density at radius 1 is 1.27 bits per heavy atom. The van der Waals surface area contributed by atoms with Gasteiger partial charge in [-0.25, -0.2) is 14.5 Å². The lowest BCUT2D eigenvalue weighted by Crippen LogP contribution is -2.11. The van der Waals surface area contributed by atoms with E-state index in [0.29, 0.717) is 24.4 Å². The summed E-state index contributed by atoms with van der Waals surface area (Å²) < 4.78 is 6.83. The van der Waals surface area contributed by atoms with Gasteiger partial charge in [-0.15, -0.1) is 0 Å². The minimum absolute atomic E-state index is 0.0796. The van der Waals surface area contributed by atoms with E-state index in [1.54, 1.807) is 17.8 Å². The zero-order valence-electron chi connectivity index (χ0n) is 15.4. The van der Waals surface area contributed by atoms with E-state index in [1.165, 1.54) is 0 Å². The lowest BCUT2D eigenvalue weighted by molar-refractivity contribution is 0.0525. The summed E-state index contributed by atoms with van der Waals surface area (Å²) in [5.74, 6) is 0.314. The molecule has 2 aromatic heterocycles. The number of nitrogens with zero attached hydrogens (tertiary/aromatic N) is 3. The summed E-state index contributed by atoms with van der Waals surface area (Å²) in [5, 5.41) is 14.0. The third-order valence-electron chi connectivity index (χ3n) is 4.73. The molecule has 0 aliphatic heterocycles. The predicted octanol–water partition coefficient (Wildman–Crippen LogP) is 3.33. The van der Waals surface area contributed by atoms with Crippen LogP contribution < -0.4 is 0 Å². The van der Waals surface area contributed by atoms with Gasteiger partial charge in [0.25, 0.3) is 0 Å². The first-order valence-corrected chi connectivity index (χ1v) is 9.23. The molecule has 26 heavy (non-hydrogen) atoms. The molecule has 2 aromatic rings. The number of aliphatic hydroxyl groups is 1. The molecule has 0 spiro atoms. The van der Waals surface area contributed by atoms with Crippen LogP contribution in [0, 0.1) is 0 Å². The van der Waals surface area contributed by atoms with Crippen molar-refractivity contribution < 1.29 is 14.6 Å². The fraction of sp³-hybridized carbons (Fsp3) is 0.450. The van der Waals surface area contributed by atoms with Crippen LogP contribution in [0.2, 0.25) is 0 Å². The second kappa shape index (κ2) is 8.27. The van der Waals surface area contributed by atoms with Gasteiger partial charge in [-0.05, 0) is 62.3 Å². The van der Waals surface area contributed by atoms with Crippen LogP contribution in [0.25, 0.3) is 11.4 Å². The molecule has 138 valence electrons. The van der Waals surface area contributed by atoms with Crippen molar-refractivity contribution in [2.75, 3.05) is 13.2 Å². The highest BCUT2D eigenvalue weighted by molar-refractivity contribution is 5.90. The monoisotopic (exact) mass is 355 g/mol. The molecule has 0 saturated carbocycles. The number of aliphatic hydroxyl groups excluding tert-OH is 1. The van der Waals surface area contributed by atoms with Crippen LogP contribution in [0.1, 0.15) is 61.3 Å². The second-order valence-electron chi connectivity index (χ2n) is 6.32. The van der Waals surface area contributed by atoms with E-state index in [2.05, 4.69) is 5.10 Å². The number of carbonyl (C=O) groups is 1. The Morgan fingerprint density at radius 3 is 2.81 bits per heavy atom. The van der Waals surface area contributed by atoms with Crippen molar-refractivity contribution in [3.63, 3.8) is 0 Å². The van der Waals surface area contributed by atoms with Crippen molar-refractivity contribution >= 4 is 11.5 Å². The molecule has 1 aliphatic carbocycles. The molecule has 0 bridgehead atoms. The molecule has 6 heteroatoms. The van der Waals surface area contributed by atoms with E-state index in [0.717, 1.165) is 48.2 Å². The fourth-order valence-electron chi connectivity index (χ4n) is 3.45. The Kier molecular flexibility index (Phi) is 5.83. The molecule has 0 radical (unpaired) electrons. The standard InChI is InChI=1S/C20H25N3O3/c1-3-18-16(20(25)26-4-2)12-21-23(18)19-11-7-10-17(22-19)15-9-6-5-8-14(15)13-24/h7,10-12,24H,3-6,8-9,13H2,1-2H3. The number of rotatable bonds is 6. The van der Waals surface area contributed by atoms with Crippen molar-refractivity contribution in [2.24, 2.45) is 0 Å². The molecular weight excluding hydrogens is 330 g/mol. The summed E-state index contributed by atoms with van der Waals surface area (Å²) in [6.45, 7) is 4.18. The van der Waals surface area contributed by atoms with E-state index < -0.39 is 0 Å². The fourth-order valence-corrected chi connectivity index (χ4v) is 3.45. The summed E-state index contributed by atoms with van der Waals surface area (Å²) in [4.78, 5) is 16.9. The smallest absolute Gasteiger partial charge is 0.341 e. The minimum atomic E-state index is -0.357. The Labute approximate surface area is 153 Å². The summed E-state index contributed by atoms with van der Waals surface area (Å²) in [7, 11) is 0. The summed E-state index contributed by atoms with van der Waals surface area (Å²) in [5.41, 5.74) is 4.35. The molecule has 3 rings (SSSR count). The third kappa shape index (κ3) is 3.55. The van der Waals surface area contributed by atoms with Gasteiger partial charge in [-0.1, -0.05) is 13.0 Å². The van der Waals surface area contributed by atoms with Gasteiger partial charge in [-0.2, -0.15) is 5.10 Å². The number of esters is 1. The molecule has 1 N–H and O–H groups in total. The van der Waals surface area contributed by atoms with Gasteiger partial charge >= 0.3 is 5.97 Å². The Bertz CT molecular complexity index is 823.